The number of nitrogens with one attached hydrogen (secondary N) is 1. The molecule has 5 heteroatoms. The Balaban J connectivity index is 2.17. The Kier molecular flexibility index (Phi) is 4.10. The standard InChI is InChI=1S/C13H15ClN2O2/c1-17-11-4-3-9(7-12(11)18-2)10(14)8-13-15-5-6-16-13/h3-7,10H,8H2,1-2H3,(H,15,16). The molecule has 0 spiro atoms. The van der Waals surface area contributed by atoms with E-state index in [1.54, 1.807) is 26.6 Å². The van der Waals surface area contributed by atoms with Crippen LogP contribution < -0.4 is 9.47 Å². The van der Waals surface area contributed by atoms with Crippen LogP contribution in [0.1, 0.15) is 16.8 Å². The van der Waals surface area contributed by atoms with Gasteiger partial charge in [-0.05, 0) is 17.7 Å². The van der Waals surface area contributed by atoms with Gasteiger partial charge >= 0.3 is 0 Å². The van der Waals surface area contributed by atoms with E-state index >= 15 is 0 Å². The van der Waals surface area contributed by atoms with E-state index in [0.29, 0.717) is 17.9 Å². The highest BCUT2D eigenvalue weighted by molar-refractivity contribution is 6.20. The highest BCUT2D eigenvalue weighted by Crippen LogP contribution is 2.33. The van der Waals surface area contributed by atoms with Gasteiger partial charge in [-0.15, -0.1) is 11.6 Å². The van der Waals surface area contributed by atoms with Crippen LogP contribution in [0, 0.1) is 0 Å². The van der Waals surface area contributed by atoms with Gasteiger partial charge < -0.3 is 14.5 Å². The van der Waals surface area contributed by atoms with Gasteiger partial charge in [0.25, 0.3) is 0 Å². The highest BCUT2D eigenvalue weighted by Gasteiger charge is 2.13. The fourth-order valence-electron chi connectivity index (χ4n) is 1.74. The maximum absolute atomic E-state index is 6.37. The third-order valence-electron chi connectivity index (χ3n) is 2.70. The summed E-state index contributed by atoms with van der Waals surface area (Å²) >= 11 is 6.37. The number of hydrogen-bond acceptors (Lipinski definition) is 3. The van der Waals surface area contributed by atoms with Crippen molar-refractivity contribution in [2.75, 3.05) is 14.2 Å². The Bertz CT molecular complexity index is 500. The van der Waals surface area contributed by atoms with Crippen molar-refractivity contribution in [2.24, 2.45) is 0 Å². The van der Waals surface area contributed by atoms with Crippen LogP contribution in [-0.2, 0) is 6.42 Å². The molecule has 0 radical (unpaired) electrons. The van der Waals surface area contributed by atoms with Crippen molar-refractivity contribution in [3.63, 3.8) is 0 Å². The summed E-state index contributed by atoms with van der Waals surface area (Å²) in [4.78, 5) is 7.20. The lowest BCUT2D eigenvalue weighted by molar-refractivity contribution is 0.354. The number of rotatable bonds is 5. The monoisotopic (exact) mass is 266 g/mol. The summed E-state index contributed by atoms with van der Waals surface area (Å²) in [5, 5.41) is -0.157. The number of aromatic amines is 1. The number of halogens is 1. The van der Waals surface area contributed by atoms with Crippen molar-refractivity contribution in [1.29, 1.82) is 0 Å². The highest BCUT2D eigenvalue weighted by atomic mass is 35.5. The van der Waals surface area contributed by atoms with Gasteiger partial charge in [0.05, 0.1) is 19.6 Å². The van der Waals surface area contributed by atoms with Crippen molar-refractivity contribution < 1.29 is 9.47 Å². The van der Waals surface area contributed by atoms with Gasteiger partial charge in [0.15, 0.2) is 11.5 Å². The smallest absolute Gasteiger partial charge is 0.161 e. The van der Waals surface area contributed by atoms with Crippen molar-refractivity contribution >= 4 is 11.6 Å². The zero-order valence-electron chi connectivity index (χ0n) is 10.3. The van der Waals surface area contributed by atoms with Crippen molar-refractivity contribution in [2.45, 2.75) is 11.8 Å². The Labute approximate surface area is 111 Å². The Hall–Kier alpha value is -1.68. The maximum atomic E-state index is 6.37. The molecule has 1 N–H and O–H groups in total. The van der Waals surface area contributed by atoms with Crippen molar-refractivity contribution in [3.8, 4) is 11.5 Å². The predicted molar refractivity (Wildman–Crippen MR) is 70.4 cm³/mol. The molecule has 18 heavy (non-hydrogen) atoms. The number of ether oxygens (including phenoxy) is 2. The van der Waals surface area contributed by atoms with Gasteiger partial charge in [-0.1, -0.05) is 6.07 Å². The molecule has 0 aliphatic rings. The Morgan fingerprint density at radius 1 is 1.28 bits per heavy atom. The topological polar surface area (TPSA) is 47.1 Å². The predicted octanol–water partition coefficient (Wildman–Crippen LogP) is 2.95. The molecule has 0 saturated heterocycles. The van der Waals surface area contributed by atoms with E-state index < -0.39 is 0 Å². The lowest BCUT2D eigenvalue weighted by Gasteiger charge is -2.12. The van der Waals surface area contributed by atoms with Crippen molar-refractivity contribution in [3.05, 3.63) is 42.0 Å². The zero-order valence-corrected chi connectivity index (χ0v) is 11.1. The number of H-pyrrole nitrogens is 1. The quantitative estimate of drug-likeness (QED) is 0.847. The summed E-state index contributed by atoms with van der Waals surface area (Å²) < 4.78 is 10.4. The Morgan fingerprint density at radius 2 is 2.06 bits per heavy atom. The lowest BCUT2D eigenvalue weighted by atomic mass is 10.1. The third-order valence-corrected chi connectivity index (χ3v) is 3.10. The molecule has 1 heterocycles. The van der Waals surface area contributed by atoms with E-state index in [-0.39, 0.29) is 5.38 Å². The summed E-state index contributed by atoms with van der Waals surface area (Å²) in [6.45, 7) is 0. The van der Waals surface area contributed by atoms with Gasteiger partial charge in [0.2, 0.25) is 0 Å². The molecule has 0 fully saturated rings. The van der Waals surface area contributed by atoms with E-state index in [0.717, 1.165) is 11.4 Å². The van der Waals surface area contributed by atoms with Gasteiger partial charge in [-0.25, -0.2) is 4.98 Å². The van der Waals surface area contributed by atoms with Crippen LogP contribution >= 0.6 is 11.6 Å². The second kappa shape index (κ2) is 5.78. The van der Waals surface area contributed by atoms with Crippen LogP contribution in [0.3, 0.4) is 0 Å². The van der Waals surface area contributed by atoms with Gasteiger partial charge in [0, 0.05) is 18.8 Å². The molecular weight excluding hydrogens is 252 g/mol. The van der Waals surface area contributed by atoms with Crippen LogP contribution in [0.15, 0.2) is 30.6 Å². The fraction of sp³-hybridized carbons (Fsp3) is 0.308. The van der Waals surface area contributed by atoms with E-state index in [9.17, 15) is 0 Å². The number of imidazole rings is 1. The first-order valence-electron chi connectivity index (χ1n) is 5.59. The Morgan fingerprint density at radius 3 is 2.67 bits per heavy atom. The van der Waals surface area contributed by atoms with E-state index in [1.807, 2.05) is 18.2 Å². The number of alkyl halides is 1. The summed E-state index contributed by atoms with van der Waals surface area (Å²) in [6.07, 6.45) is 4.14. The lowest BCUT2D eigenvalue weighted by Crippen LogP contribution is -1.99. The molecule has 96 valence electrons. The van der Waals surface area contributed by atoms with Gasteiger partial charge in [-0.2, -0.15) is 0 Å². The average molecular weight is 267 g/mol. The van der Waals surface area contributed by atoms with Crippen molar-refractivity contribution in [1.82, 2.24) is 9.97 Å². The maximum Gasteiger partial charge on any atom is 0.161 e. The molecule has 4 nitrogen and oxygen atoms in total. The second-order valence-corrected chi connectivity index (χ2v) is 4.35. The van der Waals surface area contributed by atoms with E-state index in [2.05, 4.69) is 9.97 Å². The molecule has 0 bridgehead atoms. The van der Waals surface area contributed by atoms with E-state index in [1.165, 1.54) is 0 Å². The molecular formula is C13H15ClN2O2. The molecule has 0 saturated carbocycles. The molecule has 0 amide bonds. The molecule has 1 atom stereocenters. The fourth-order valence-corrected chi connectivity index (χ4v) is 2.03. The van der Waals surface area contributed by atoms with Crippen LogP contribution in [-0.4, -0.2) is 24.2 Å². The molecule has 2 rings (SSSR count). The number of aromatic nitrogens is 2. The van der Waals surface area contributed by atoms with Crippen LogP contribution in [0.4, 0.5) is 0 Å². The first-order chi connectivity index (χ1) is 8.74. The zero-order chi connectivity index (χ0) is 13.0. The SMILES string of the molecule is COc1ccc(C(Cl)Cc2ncc[nH]2)cc1OC. The molecule has 0 aliphatic heterocycles. The average Bonchev–Trinajstić information content (AvgIpc) is 2.90. The summed E-state index contributed by atoms with van der Waals surface area (Å²) in [7, 11) is 3.22. The van der Waals surface area contributed by atoms with Crippen LogP contribution in [0.2, 0.25) is 0 Å². The molecule has 1 unspecified atom stereocenters. The third kappa shape index (κ3) is 2.76. The molecule has 0 aliphatic carbocycles. The number of nitrogens with zero attached hydrogens (tertiary/aromatic N) is 1. The van der Waals surface area contributed by atoms with Crippen LogP contribution in [0.5, 0.6) is 11.5 Å². The van der Waals surface area contributed by atoms with Gasteiger partial charge in [-0.3, -0.25) is 0 Å². The number of benzene rings is 1. The first-order valence-corrected chi connectivity index (χ1v) is 6.02. The molecule has 1 aromatic heterocycles. The minimum absolute atomic E-state index is 0.157. The summed E-state index contributed by atoms with van der Waals surface area (Å²) in [5.41, 5.74) is 0.978. The molecule has 2 aromatic rings. The second-order valence-electron chi connectivity index (χ2n) is 3.82. The van der Waals surface area contributed by atoms with E-state index in [4.69, 9.17) is 21.1 Å². The summed E-state index contributed by atoms with van der Waals surface area (Å²) in [5.74, 6) is 2.24. The molecule has 1 aromatic carbocycles. The number of hydrogen-bond donors (Lipinski definition) is 1. The summed E-state index contributed by atoms with van der Waals surface area (Å²) in [6, 6.07) is 5.67. The number of methoxy groups -OCH3 is 2. The normalized spacial score (nSPS) is 12.2. The minimum atomic E-state index is -0.157. The van der Waals surface area contributed by atoms with Crippen LogP contribution in [0.25, 0.3) is 0 Å². The first kappa shape index (κ1) is 12.8. The van der Waals surface area contributed by atoms with Gasteiger partial charge in [0.1, 0.15) is 5.82 Å². The minimum Gasteiger partial charge on any atom is -0.493 e. The largest absolute Gasteiger partial charge is 0.493 e.